The highest BCUT2D eigenvalue weighted by Crippen LogP contribution is 2.13. The summed E-state index contributed by atoms with van der Waals surface area (Å²) in [5.74, 6) is 0. The predicted octanol–water partition coefficient (Wildman–Crippen LogP) is -0.0372. The zero-order valence-electron chi connectivity index (χ0n) is 13.4. The van der Waals surface area contributed by atoms with Crippen molar-refractivity contribution < 1.29 is 22.5 Å². The summed E-state index contributed by atoms with van der Waals surface area (Å²) >= 11 is 0. The van der Waals surface area contributed by atoms with Crippen LogP contribution >= 0.6 is 0 Å². The number of hydrogen-bond donors (Lipinski definition) is 1. The van der Waals surface area contributed by atoms with Crippen LogP contribution in [0.2, 0.25) is 0 Å². The van der Waals surface area contributed by atoms with Crippen LogP contribution in [0.1, 0.15) is 30.6 Å². The molecule has 0 aliphatic carbocycles. The largest absolute Gasteiger partial charge is 1.00 e. The normalized spacial score (nSPS) is 13.2. The van der Waals surface area contributed by atoms with Crippen LogP contribution in [0.4, 0.5) is 0 Å². The molecule has 0 fully saturated rings. The maximum atomic E-state index is 5.62. The third-order valence-electron chi connectivity index (χ3n) is 3.94. The molecule has 0 bridgehead atoms. The van der Waals surface area contributed by atoms with Crippen LogP contribution in [0.3, 0.4) is 0 Å². The van der Waals surface area contributed by atoms with E-state index in [0.717, 1.165) is 13.0 Å². The van der Waals surface area contributed by atoms with Gasteiger partial charge in [-0.15, -0.1) is 0 Å². The second-order valence-electron chi connectivity index (χ2n) is 5.61. The van der Waals surface area contributed by atoms with E-state index in [0.29, 0.717) is 6.04 Å². The van der Waals surface area contributed by atoms with Gasteiger partial charge in [-0.3, -0.25) is 0 Å². The molecular formula is C19H26ClNO. The van der Waals surface area contributed by atoms with Crippen molar-refractivity contribution in [3.8, 4) is 0 Å². The highest BCUT2D eigenvalue weighted by atomic mass is 35.5. The molecule has 22 heavy (non-hydrogen) atoms. The Bertz CT molecular complexity index is 503. The molecule has 0 radical (unpaired) electrons. The van der Waals surface area contributed by atoms with Gasteiger partial charge in [-0.2, -0.15) is 0 Å². The molecule has 0 saturated heterocycles. The summed E-state index contributed by atoms with van der Waals surface area (Å²) in [6, 6.07) is 21.8. The summed E-state index contributed by atoms with van der Waals surface area (Å²) in [7, 11) is 1.79. The van der Waals surface area contributed by atoms with Gasteiger partial charge in [0, 0.05) is 13.5 Å². The summed E-state index contributed by atoms with van der Waals surface area (Å²) in [6.45, 7) is 3.26. The highest BCUT2D eigenvalue weighted by molar-refractivity contribution is 5.17. The minimum Gasteiger partial charge on any atom is -1.00 e. The quantitative estimate of drug-likeness (QED) is 0.726. The smallest absolute Gasteiger partial charge is 0.131 e. The molecule has 0 aliphatic heterocycles. The van der Waals surface area contributed by atoms with E-state index in [4.69, 9.17) is 4.74 Å². The molecule has 0 spiro atoms. The average Bonchev–Trinajstić information content (AvgIpc) is 2.55. The lowest BCUT2D eigenvalue weighted by Gasteiger charge is -2.17. The molecule has 2 atom stereocenters. The molecule has 2 N–H and O–H groups in total. The maximum absolute atomic E-state index is 5.62. The average molecular weight is 320 g/mol. The van der Waals surface area contributed by atoms with Gasteiger partial charge in [0.2, 0.25) is 0 Å². The van der Waals surface area contributed by atoms with Gasteiger partial charge in [-0.25, -0.2) is 0 Å². The molecule has 2 unspecified atom stereocenters. The number of hydrogen-bond acceptors (Lipinski definition) is 1. The van der Waals surface area contributed by atoms with Crippen LogP contribution in [0.25, 0.3) is 0 Å². The van der Waals surface area contributed by atoms with E-state index >= 15 is 0 Å². The van der Waals surface area contributed by atoms with Crippen molar-refractivity contribution in [3.05, 3.63) is 71.8 Å². The van der Waals surface area contributed by atoms with Gasteiger partial charge in [0.1, 0.15) is 12.6 Å². The molecule has 0 heterocycles. The number of benzene rings is 2. The summed E-state index contributed by atoms with van der Waals surface area (Å²) < 4.78 is 5.62. The first-order valence-electron chi connectivity index (χ1n) is 7.74. The van der Waals surface area contributed by atoms with Gasteiger partial charge in [0.15, 0.2) is 0 Å². The number of methoxy groups -OCH3 is 1. The van der Waals surface area contributed by atoms with Crippen molar-refractivity contribution in [2.75, 3.05) is 13.7 Å². The van der Waals surface area contributed by atoms with Crippen molar-refractivity contribution in [2.45, 2.75) is 31.9 Å². The Morgan fingerprint density at radius 3 is 2.14 bits per heavy atom. The van der Waals surface area contributed by atoms with E-state index in [9.17, 15) is 0 Å². The number of nitrogens with two attached hydrogens (primary N) is 1. The Labute approximate surface area is 140 Å². The SMILES string of the molecule is COC(C[NH2+]C(C)CCc1ccccc1)c1ccccc1.[Cl-]. The first kappa shape index (κ1) is 18.7. The van der Waals surface area contributed by atoms with Crippen molar-refractivity contribution in [2.24, 2.45) is 0 Å². The van der Waals surface area contributed by atoms with E-state index in [1.807, 2.05) is 6.07 Å². The Morgan fingerprint density at radius 2 is 1.55 bits per heavy atom. The Balaban J connectivity index is 0.00000242. The predicted molar refractivity (Wildman–Crippen MR) is 87.2 cm³/mol. The Morgan fingerprint density at radius 1 is 0.955 bits per heavy atom. The second kappa shape index (κ2) is 10.4. The van der Waals surface area contributed by atoms with E-state index in [1.54, 1.807) is 7.11 Å². The van der Waals surface area contributed by atoms with Gasteiger partial charge >= 0.3 is 0 Å². The monoisotopic (exact) mass is 319 g/mol. The van der Waals surface area contributed by atoms with Crippen LogP contribution in [0.5, 0.6) is 0 Å². The van der Waals surface area contributed by atoms with Crippen molar-refractivity contribution in [1.29, 1.82) is 0 Å². The lowest BCUT2D eigenvalue weighted by atomic mass is 10.1. The summed E-state index contributed by atoms with van der Waals surface area (Å²) in [6.07, 6.45) is 2.50. The van der Waals surface area contributed by atoms with E-state index < -0.39 is 0 Å². The number of aryl methyl sites for hydroxylation is 1. The van der Waals surface area contributed by atoms with E-state index in [1.165, 1.54) is 17.5 Å². The Hall–Kier alpha value is -1.35. The molecule has 0 saturated carbocycles. The van der Waals surface area contributed by atoms with Crippen LogP contribution in [0, 0.1) is 0 Å². The topological polar surface area (TPSA) is 25.8 Å². The molecule has 0 aromatic heterocycles. The third-order valence-corrected chi connectivity index (χ3v) is 3.94. The fourth-order valence-electron chi connectivity index (χ4n) is 2.55. The number of ether oxygens (including phenoxy) is 1. The second-order valence-corrected chi connectivity index (χ2v) is 5.61. The van der Waals surface area contributed by atoms with Gasteiger partial charge in [0.25, 0.3) is 0 Å². The minimum atomic E-state index is 0. The molecule has 2 aromatic carbocycles. The summed E-state index contributed by atoms with van der Waals surface area (Å²) in [5.41, 5.74) is 2.68. The van der Waals surface area contributed by atoms with Crippen molar-refractivity contribution in [1.82, 2.24) is 0 Å². The molecule has 2 nitrogen and oxygen atoms in total. The third kappa shape index (κ3) is 6.18. The molecular weight excluding hydrogens is 294 g/mol. The standard InChI is InChI=1S/C19H25NO.ClH/c1-16(13-14-17-9-5-3-6-10-17)20-15-19(21-2)18-11-7-4-8-12-18;/h3-12,16,19-20H,13-15H2,1-2H3;1H. The fourth-order valence-corrected chi connectivity index (χ4v) is 2.55. The van der Waals surface area contributed by atoms with E-state index in [2.05, 4.69) is 66.8 Å². The van der Waals surface area contributed by atoms with Crippen LogP contribution in [-0.4, -0.2) is 19.7 Å². The van der Waals surface area contributed by atoms with Gasteiger partial charge in [-0.1, -0.05) is 60.7 Å². The molecule has 3 heteroatoms. The zero-order valence-corrected chi connectivity index (χ0v) is 14.2. The molecule has 0 amide bonds. The first-order chi connectivity index (χ1) is 10.3. The molecule has 120 valence electrons. The summed E-state index contributed by atoms with van der Waals surface area (Å²) in [5, 5.41) is 2.39. The number of quaternary nitrogens is 1. The molecule has 2 aromatic rings. The van der Waals surface area contributed by atoms with Gasteiger partial charge in [-0.05, 0) is 24.5 Å². The van der Waals surface area contributed by atoms with E-state index in [-0.39, 0.29) is 18.5 Å². The van der Waals surface area contributed by atoms with Gasteiger partial charge in [0.05, 0.1) is 6.04 Å². The lowest BCUT2D eigenvalue weighted by Crippen LogP contribution is -3.00. The maximum Gasteiger partial charge on any atom is 0.131 e. The summed E-state index contributed by atoms with van der Waals surface area (Å²) in [4.78, 5) is 0. The van der Waals surface area contributed by atoms with Crippen molar-refractivity contribution >= 4 is 0 Å². The fraction of sp³-hybridized carbons (Fsp3) is 0.368. The first-order valence-corrected chi connectivity index (χ1v) is 7.74. The van der Waals surface area contributed by atoms with Crippen LogP contribution < -0.4 is 17.7 Å². The van der Waals surface area contributed by atoms with Crippen LogP contribution in [0.15, 0.2) is 60.7 Å². The van der Waals surface area contributed by atoms with Crippen molar-refractivity contribution in [3.63, 3.8) is 0 Å². The lowest BCUT2D eigenvalue weighted by molar-refractivity contribution is -0.693. The number of halogens is 1. The van der Waals surface area contributed by atoms with Crippen LogP contribution in [-0.2, 0) is 11.2 Å². The molecule has 0 aliphatic rings. The number of rotatable bonds is 8. The molecule has 2 rings (SSSR count). The zero-order chi connectivity index (χ0) is 14.9. The minimum absolute atomic E-state index is 0. The Kier molecular flexibility index (Phi) is 8.83. The van der Waals surface area contributed by atoms with Gasteiger partial charge < -0.3 is 22.5 Å². The highest BCUT2D eigenvalue weighted by Gasteiger charge is 2.14.